The van der Waals surface area contributed by atoms with Gasteiger partial charge in [0.1, 0.15) is 0 Å². The molecule has 0 aliphatic heterocycles. The Morgan fingerprint density at radius 3 is 1.20 bits per heavy atom. The van der Waals surface area contributed by atoms with Crippen LogP contribution in [0.15, 0.2) is 9.98 Å². The van der Waals surface area contributed by atoms with Gasteiger partial charge in [-0.3, -0.25) is 9.59 Å². The quantitative estimate of drug-likeness (QED) is 0.149. The summed E-state index contributed by atoms with van der Waals surface area (Å²) in [6, 6.07) is 0. The Kier molecular flexibility index (Phi) is 10.5. The summed E-state index contributed by atoms with van der Waals surface area (Å²) in [5.74, 6) is -7.68. The molecule has 0 heterocycles. The topological polar surface area (TPSA) is 226 Å². The molecule has 12 heteroatoms. The highest BCUT2D eigenvalue weighted by Gasteiger charge is 2.33. The fourth-order valence-electron chi connectivity index (χ4n) is 2.48. The fraction of sp³-hybridized carbons (Fsp3) is 0.667. The minimum atomic E-state index is -1.83. The van der Waals surface area contributed by atoms with Crippen molar-refractivity contribution < 1.29 is 49.8 Å². The molecule has 0 aromatic heterocycles. The minimum Gasteiger partial charge on any atom is -0.862 e. The molecule has 0 rings (SSSR count). The summed E-state index contributed by atoms with van der Waals surface area (Å²) in [5, 5.41) is 63.0. The number of aliphatic imine (C=N–C) groups is 2. The SMILES string of the molecule is CC(CC(=O)[O-])(CC([O-])=NCCCCN=C([O-])CC(C)(CC(=O)[O-])C(=O)O)C(=O)O. The van der Waals surface area contributed by atoms with E-state index >= 15 is 0 Å². The number of hydrogen-bond acceptors (Lipinski definition) is 10. The second kappa shape index (κ2) is 11.7. The van der Waals surface area contributed by atoms with Gasteiger partial charge in [-0.15, -0.1) is 0 Å². The lowest BCUT2D eigenvalue weighted by atomic mass is 9.83. The molecule has 2 unspecified atom stereocenters. The molecule has 0 spiro atoms. The van der Waals surface area contributed by atoms with Gasteiger partial charge in [0.05, 0.1) is 10.8 Å². The molecule has 0 fully saturated rings. The van der Waals surface area contributed by atoms with Crippen LogP contribution in [0.1, 0.15) is 52.4 Å². The van der Waals surface area contributed by atoms with Crippen LogP contribution in [0, 0.1) is 10.8 Å². The lowest BCUT2D eigenvalue weighted by Crippen LogP contribution is -2.40. The standard InChI is InChI=1S/C18H28N2O10/c1-17(15(27)28,9-13(23)24)7-11(21)19-5-3-4-6-20-12(22)8-18(2,16(29)30)10-14(25)26/h3-10H2,1-2H3,(H,19,21)(H,20,22)(H,23,24)(H,25,26)(H,27,28)(H,29,30)/p-4. The van der Waals surface area contributed by atoms with Gasteiger partial charge >= 0.3 is 11.9 Å². The predicted molar refractivity (Wildman–Crippen MR) is 93.8 cm³/mol. The van der Waals surface area contributed by atoms with E-state index in [0.29, 0.717) is 12.8 Å². The normalized spacial score (nSPS) is 16.3. The molecule has 0 radical (unpaired) electrons. The molecule has 12 nitrogen and oxygen atoms in total. The molecule has 0 bridgehead atoms. The minimum absolute atomic E-state index is 0.00108. The zero-order chi connectivity index (χ0) is 23.5. The summed E-state index contributed by atoms with van der Waals surface area (Å²) in [6.07, 6.45) is -2.27. The molecule has 0 saturated heterocycles. The van der Waals surface area contributed by atoms with E-state index in [9.17, 15) is 39.6 Å². The van der Waals surface area contributed by atoms with Crippen LogP contribution in [0.25, 0.3) is 0 Å². The third-order valence-corrected chi connectivity index (χ3v) is 4.33. The Morgan fingerprint density at radius 2 is 0.967 bits per heavy atom. The number of carboxylic acids is 4. The summed E-state index contributed by atoms with van der Waals surface area (Å²) >= 11 is 0. The molecule has 2 N–H and O–H groups in total. The Balaban J connectivity index is 4.57. The zero-order valence-electron chi connectivity index (χ0n) is 16.7. The molecule has 0 aliphatic rings. The molecule has 0 aromatic carbocycles. The van der Waals surface area contributed by atoms with Gasteiger partial charge in [-0.2, -0.15) is 0 Å². The van der Waals surface area contributed by atoms with Gasteiger partial charge in [0.15, 0.2) is 0 Å². The number of unbranched alkanes of at least 4 members (excludes halogenated alkanes) is 1. The van der Waals surface area contributed by atoms with E-state index in [1.807, 2.05) is 0 Å². The van der Waals surface area contributed by atoms with Crippen molar-refractivity contribution in [1.29, 1.82) is 0 Å². The van der Waals surface area contributed by atoms with E-state index in [1.165, 1.54) is 0 Å². The highest BCUT2D eigenvalue weighted by Crippen LogP contribution is 2.26. The zero-order valence-corrected chi connectivity index (χ0v) is 16.7. The maximum atomic E-state index is 11.8. The molecule has 0 aromatic rings. The third-order valence-electron chi connectivity index (χ3n) is 4.33. The van der Waals surface area contributed by atoms with Crippen LogP contribution in [-0.4, -0.2) is 59.0 Å². The van der Waals surface area contributed by atoms with Crippen molar-refractivity contribution in [2.45, 2.75) is 52.4 Å². The fourth-order valence-corrected chi connectivity index (χ4v) is 2.48. The van der Waals surface area contributed by atoms with Crippen LogP contribution in [0.2, 0.25) is 0 Å². The molecule has 170 valence electrons. The van der Waals surface area contributed by atoms with Crippen LogP contribution in [0.3, 0.4) is 0 Å². The number of carboxylic acid groups (broad SMARTS) is 4. The molecular formula is C18H24N2O10-4. The predicted octanol–water partition coefficient (Wildman–Crippen LogP) is -3.47. The van der Waals surface area contributed by atoms with E-state index in [1.54, 1.807) is 0 Å². The molecule has 0 aliphatic carbocycles. The first-order valence-electron chi connectivity index (χ1n) is 8.99. The number of carbonyl (C=O) groups is 4. The number of aliphatic carboxylic acids is 4. The van der Waals surface area contributed by atoms with E-state index in [0.717, 1.165) is 13.8 Å². The Hall–Kier alpha value is -3.18. The summed E-state index contributed by atoms with van der Waals surface area (Å²) < 4.78 is 0. The highest BCUT2D eigenvalue weighted by atomic mass is 16.4. The van der Waals surface area contributed by atoms with Crippen molar-refractivity contribution in [3.63, 3.8) is 0 Å². The number of carbonyl (C=O) groups excluding carboxylic acids is 2. The third kappa shape index (κ3) is 9.85. The second-order valence-electron chi connectivity index (χ2n) is 7.44. The van der Waals surface area contributed by atoms with Crippen LogP contribution >= 0.6 is 0 Å². The average molecular weight is 428 g/mol. The van der Waals surface area contributed by atoms with Crippen molar-refractivity contribution in [2.75, 3.05) is 13.1 Å². The van der Waals surface area contributed by atoms with Crippen LogP contribution in [0.4, 0.5) is 0 Å². The number of rotatable bonds is 15. The number of nitrogens with zero attached hydrogens (tertiary/aromatic N) is 2. The van der Waals surface area contributed by atoms with Crippen molar-refractivity contribution in [1.82, 2.24) is 0 Å². The van der Waals surface area contributed by atoms with E-state index < -0.39 is 72.2 Å². The van der Waals surface area contributed by atoms with Gasteiger partial charge in [0.25, 0.3) is 0 Å². The van der Waals surface area contributed by atoms with Crippen molar-refractivity contribution in [3.05, 3.63) is 0 Å². The van der Waals surface area contributed by atoms with Crippen molar-refractivity contribution in [3.8, 4) is 0 Å². The monoisotopic (exact) mass is 428 g/mol. The Labute approximate surface area is 172 Å². The van der Waals surface area contributed by atoms with E-state index in [4.69, 9.17) is 10.2 Å². The molecule has 30 heavy (non-hydrogen) atoms. The van der Waals surface area contributed by atoms with Gasteiger partial charge in [-0.1, -0.05) is 0 Å². The summed E-state index contributed by atoms with van der Waals surface area (Å²) in [4.78, 5) is 50.9. The smallest absolute Gasteiger partial charge is 0.310 e. The van der Waals surface area contributed by atoms with Crippen LogP contribution in [0.5, 0.6) is 0 Å². The van der Waals surface area contributed by atoms with E-state index in [2.05, 4.69) is 9.98 Å². The lowest BCUT2D eigenvalue weighted by molar-refractivity contribution is -0.309. The second-order valence-corrected chi connectivity index (χ2v) is 7.44. The average Bonchev–Trinajstić information content (AvgIpc) is 2.55. The van der Waals surface area contributed by atoms with Gasteiger partial charge in [0, 0.05) is 37.9 Å². The first-order valence-corrected chi connectivity index (χ1v) is 8.99. The van der Waals surface area contributed by atoms with Crippen molar-refractivity contribution in [2.24, 2.45) is 20.8 Å². The van der Waals surface area contributed by atoms with Crippen LogP contribution in [-0.2, 0) is 19.2 Å². The van der Waals surface area contributed by atoms with Gasteiger partial charge < -0.3 is 50.2 Å². The highest BCUT2D eigenvalue weighted by molar-refractivity contribution is 5.86. The first-order chi connectivity index (χ1) is 13.7. The first kappa shape index (κ1) is 26.8. The maximum Gasteiger partial charge on any atom is 0.310 e. The Morgan fingerprint density at radius 1 is 0.667 bits per heavy atom. The maximum absolute atomic E-state index is 11.8. The van der Waals surface area contributed by atoms with Gasteiger partial charge in [-0.25, -0.2) is 0 Å². The molecular weight excluding hydrogens is 404 g/mol. The van der Waals surface area contributed by atoms with Gasteiger partial charge in [-0.05, 0) is 51.3 Å². The Bertz CT molecular complexity index is 658. The number of hydrogen-bond donors (Lipinski definition) is 2. The summed E-state index contributed by atoms with van der Waals surface area (Å²) in [5.41, 5.74) is -3.66. The van der Waals surface area contributed by atoms with Crippen molar-refractivity contribution >= 4 is 35.7 Å². The molecule has 2 atom stereocenters. The molecule has 0 saturated carbocycles. The van der Waals surface area contributed by atoms with E-state index in [-0.39, 0.29) is 13.1 Å². The van der Waals surface area contributed by atoms with Gasteiger partial charge in [0.2, 0.25) is 0 Å². The molecule has 0 amide bonds. The summed E-state index contributed by atoms with van der Waals surface area (Å²) in [7, 11) is 0. The lowest BCUT2D eigenvalue weighted by Gasteiger charge is -2.28. The van der Waals surface area contributed by atoms with Crippen LogP contribution < -0.4 is 20.4 Å². The largest absolute Gasteiger partial charge is 0.862 e. The summed E-state index contributed by atoms with van der Waals surface area (Å²) in [6.45, 7) is 2.21.